The summed E-state index contributed by atoms with van der Waals surface area (Å²) in [5.41, 5.74) is 3.74. The molecule has 0 saturated heterocycles. The van der Waals surface area contributed by atoms with E-state index in [0.29, 0.717) is 6.61 Å². The monoisotopic (exact) mass is 384 g/mol. The first-order valence-corrected chi connectivity index (χ1v) is 8.01. The van der Waals surface area contributed by atoms with Crippen LogP contribution in [0.5, 0.6) is 5.75 Å². The highest BCUT2D eigenvalue weighted by molar-refractivity contribution is 14.1. The van der Waals surface area contributed by atoms with Crippen LogP contribution in [0.1, 0.15) is 11.1 Å². The molecular weight excluding hydrogens is 371 g/mol. The summed E-state index contributed by atoms with van der Waals surface area (Å²) in [6.07, 6.45) is 0. The first-order valence-electron chi connectivity index (χ1n) is 6.93. The SMILES string of the molecule is IC1=C(c2ccccc2)c2ccc3ccccc3c2OC1. The lowest BCUT2D eigenvalue weighted by Crippen LogP contribution is -2.09. The lowest BCUT2D eigenvalue weighted by molar-refractivity contribution is 0.360. The van der Waals surface area contributed by atoms with Crippen molar-refractivity contribution in [3.8, 4) is 5.75 Å². The summed E-state index contributed by atoms with van der Waals surface area (Å²) in [7, 11) is 0. The molecule has 0 spiro atoms. The van der Waals surface area contributed by atoms with Gasteiger partial charge in [-0.05, 0) is 39.6 Å². The van der Waals surface area contributed by atoms with Crippen molar-refractivity contribution in [3.63, 3.8) is 0 Å². The van der Waals surface area contributed by atoms with Gasteiger partial charge in [-0.1, -0.05) is 60.7 Å². The molecule has 0 aromatic heterocycles. The van der Waals surface area contributed by atoms with Gasteiger partial charge in [-0.2, -0.15) is 0 Å². The molecule has 0 radical (unpaired) electrons. The number of halogens is 1. The number of rotatable bonds is 1. The van der Waals surface area contributed by atoms with Crippen LogP contribution in [0.25, 0.3) is 16.3 Å². The summed E-state index contributed by atoms with van der Waals surface area (Å²) in [6, 6.07) is 23.3. The fourth-order valence-electron chi connectivity index (χ4n) is 2.87. The largest absolute Gasteiger partial charge is 0.487 e. The minimum Gasteiger partial charge on any atom is -0.487 e. The molecule has 2 heteroatoms. The highest BCUT2D eigenvalue weighted by Crippen LogP contribution is 2.43. The molecule has 0 aliphatic carbocycles. The van der Waals surface area contributed by atoms with Crippen molar-refractivity contribution >= 4 is 38.9 Å². The maximum atomic E-state index is 6.04. The van der Waals surface area contributed by atoms with Crippen LogP contribution in [0.2, 0.25) is 0 Å². The van der Waals surface area contributed by atoms with E-state index in [0.717, 1.165) is 5.75 Å². The minimum atomic E-state index is 0.645. The summed E-state index contributed by atoms with van der Waals surface area (Å²) in [6.45, 7) is 0.645. The van der Waals surface area contributed by atoms with E-state index in [9.17, 15) is 0 Å². The van der Waals surface area contributed by atoms with Gasteiger partial charge in [0.05, 0.1) is 0 Å². The first kappa shape index (κ1) is 12.9. The topological polar surface area (TPSA) is 9.23 Å². The second kappa shape index (κ2) is 5.19. The van der Waals surface area contributed by atoms with Gasteiger partial charge in [0.25, 0.3) is 0 Å². The predicted octanol–water partition coefficient (Wildman–Crippen LogP) is 5.43. The second-order valence-electron chi connectivity index (χ2n) is 5.10. The van der Waals surface area contributed by atoms with Crippen LogP contribution in [0.3, 0.4) is 0 Å². The zero-order valence-electron chi connectivity index (χ0n) is 11.3. The van der Waals surface area contributed by atoms with Gasteiger partial charge in [0.15, 0.2) is 0 Å². The third-order valence-corrected chi connectivity index (χ3v) is 4.68. The van der Waals surface area contributed by atoms with E-state index in [1.165, 1.54) is 31.1 Å². The van der Waals surface area contributed by atoms with Gasteiger partial charge in [-0.25, -0.2) is 0 Å². The van der Waals surface area contributed by atoms with Crippen molar-refractivity contribution in [1.29, 1.82) is 0 Å². The minimum absolute atomic E-state index is 0.645. The van der Waals surface area contributed by atoms with Gasteiger partial charge in [0, 0.05) is 20.1 Å². The Morgan fingerprint density at radius 2 is 1.57 bits per heavy atom. The Bertz CT molecular complexity index is 850. The number of hydrogen-bond acceptors (Lipinski definition) is 1. The van der Waals surface area contributed by atoms with Crippen LogP contribution < -0.4 is 4.74 Å². The Labute approximate surface area is 137 Å². The first-order chi connectivity index (χ1) is 10.3. The van der Waals surface area contributed by atoms with E-state index in [2.05, 4.69) is 89.3 Å². The molecule has 0 saturated carbocycles. The third kappa shape index (κ3) is 2.14. The molecular formula is C19H13IO. The van der Waals surface area contributed by atoms with E-state index >= 15 is 0 Å². The lowest BCUT2D eigenvalue weighted by Gasteiger charge is -2.23. The fourth-order valence-corrected chi connectivity index (χ4v) is 3.62. The number of fused-ring (bicyclic) bond motifs is 3. The van der Waals surface area contributed by atoms with Crippen molar-refractivity contribution in [1.82, 2.24) is 0 Å². The van der Waals surface area contributed by atoms with Gasteiger partial charge in [-0.15, -0.1) is 0 Å². The van der Waals surface area contributed by atoms with Crippen LogP contribution in [0.15, 0.2) is 70.3 Å². The Morgan fingerprint density at radius 3 is 2.43 bits per heavy atom. The molecule has 0 fully saturated rings. The lowest BCUT2D eigenvalue weighted by atomic mass is 9.93. The summed E-state index contributed by atoms with van der Waals surface area (Å²) in [5, 5.41) is 2.41. The van der Waals surface area contributed by atoms with E-state index < -0.39 is 0 Å². The van der Waals surface area contributed by atoms with E-state index in [-0.39, 0.29) is 0 Å². The normalized spacial score (nSPS) is 14.0. The molecule has 4 rings (SSSR count). The van der Waals surface area contributed by atoms with Crippen molar-refractivity contribution in [3.05, 3.63) is 81.4 Å². The fraction of sp³-hybridized carbons (Fsp3) is 0.0526. The van der Waals surface area contributed by atoms with E-state index in [4.69, 9.17) is 4.74 Å². The zero-order chi connectivity index (χ0) is 14.2. The van der Waals surface area contributed by atoms with Gasteiger partial charge in [0.1, 0.15) is 12.4 Å². The highest BCUT2D eigenvalue weighted by Gasteiger charge is 2.21. The van der Waals surface area contributed by atoms with Gasteiger partial charge < -0.3 is 4.74 Å². The third-order valence-electron chi connectivity index (χ3n) is 3.83. The molecule has 1 aliphatic rings. The Balaban J connectivity index is 2.01. The van der Waals surface area contributed by atoms with Crippen LogP contribution in [-0.4, -0.2) is 6.61 Å². The average molecular weight is 384 g/mol. The molecule has 0 bridgehead atoms. The quantitative estimate of drug-likeness (QED) is 0.509. The van der Waals surface area contributed by atoms with Gasteiger partial charge in [0.2, 0.25) is 0 Å². The number of ether oxygens (including phenoxy) is 1. The molecule has 102 valence electrons. The molecule has 1 heterocycles. The van der Waals surface area contributed by atoms with Crippen LogP contribution in [-0.2, 0) is 0 Å². The molecule has 3 aromatic carbocycles. The van der Waals surface area contributed by atoms with Gasteiger partial charge in [-0.3, -0.25) is 0 Å². The predicted molar refractivity (Wildman–Crippen MR) is 95.9 cm³/mol. The maximum absolute atomic E-state index is 6.04. The Kier molecular flexibility index (Phi) is 3.19. The van der Waals surface area contributed by atoms with E-state index in [1.54, 1.807) is 0 Å². The molecule has 21 heavy (non-hydrogen) atoms. The van der Waals surface area contributed by atoms with Crippen LogP contribution in [0.4, 0.5) is 0 Å². The average Bonchev–Trinajstić information content (AvgIpc) is 2.55. The van der Waals surface area contributed by atoms with Crippen LogP contribution >= 0.6 is 22.6 Å². The zero-order valence-corrected chi connectivity index (χ0v) is 13.5. The summed E-state index contributed by atoms with van der Waals surface area (Å²) >= 11 is 2.40. The second-order valence-corrected chi connectivity index (χ2v) is 6.40. The van der Waals surface area contributed by atoms with E-state index in [1.807, 2.05) is 0 Å². The molecule has 0 atom stereocenters. The molecule has 0 amide bonds. The van der Waals surface area contributed by atoms with Crippen molar-refractivity contribution in [2.45, 2.75) is 0 Å². The molecule has 0 unspecified atom stereocenters. The maximum Gasteiger partial charge on any atom is 0.135 e. The van der Waals surface area contributed by atoms with Crippen LogP contribution in [0, 0.1) is 0 Å². The molecule has 0 N–H and O–H groups in total. The number of benzene rings is 3. The highest BCUT2D eigenvalue weighted by atomic mass is 127. The van der Waals surface area contributed by atoms with Gasteiger partial charge >= 0.3 is 0 Å². The molecule has 1 nitrogen and oxygen atoms in total. The number of hydrogen-bond donors (Lipinski definition) is 0. The molecule has 3 aromatic rings. The summed E-state index contributed by atoms with van der Waals surface area (Å²) < 4.78 is 7.29. The smallest absolute Gasteiger partial charge is 0.135 e. The molecule has 1 aliphatic heterocycles. The van der Waals surface area contributed by atoms with Crippen molar-refractivity contribution in [2.24, 2.45) is 0 Å². The summed E-state index contributed by atoms with van der Waals surface area (Å²) in [4.78, 5) is 0. The standard InChI is InChI=1S/C19H13IO/c20-17-12-21-19-15-9-5-4-6-13(15)10-11-16(19)18(17)14-7-2-1-3-8-14/h1-11H,12H2. The summed E-state index contributed by atoms with van der Waals surface area (Å²) in [5.74, 6) is 1.01. The Morgan fingerprint density at radius 1 is 0.810 bits per heavy atom. The Hall–Kier alpha value is -1.81. The van der Waals surface area contributed by atoms with Crippen molar-refractivity contribution in [2.75, 3.05) is 6.61 Å². The van der Waals surface area contributed by atoms with Crippen molar-refractivity contribution < 1.29 is 4.74 Å².